The summed E-state index contributed by atoms with van der Waals surface area (Å²) in [5, 5.41) is 8.23. The van der Waals surface area contributed by atoms with Gasteiger partial charge in [-0.3, -0.25) is 0 Å². The van der Waals surface area contributed by atoms with E-state index in [4.69, 9.17) is 5.26 Å². The van der Waals surface area contributed by atoms with Crippen LogP contribution in [0, 0.1) is 11.3 Å². The molecule has 0 spiro atoms. The molecule has 2 nitrogen and oxygen atoms in total. The number of alkyl halides is 3. The molecule has 80 valence electrons. The molecular weight excluding hydrogens is 225 g/mol. The lowest BCUT2D eigenvalue weighted by atomic mass is 10.2. The minimum Gasteiger partial charge on any atom is -0.246 e. The van der Waals surface area contributed by atoms with Crippen molar-refractivity contribution in [3.8, 4) is 6.07 Å². The molecule has 1 aromatic carbocycles. The first kappa shape index (κ1) is 11.9. The summed E-state index contributed by atoms with van der Waals surface area (Å²) in [5.74, 6) is 0. The number of hydrogen-bond acceptors (Lipinski definition) is 3. The summed E-state index contributed by atoms with van der Waals surface area (Å²) in [6.45, 7) is -0.00312. The van der Waals surface area contributed by atoms with E-state index in [1.807, 2.05) is 0 Å². The Morgan fingerprint density at radius 2 is 2.00 bits per heavy atom. The van der Waals surface area contributed by atoms with Crippen molar-refractivity contribution in [2.24, 2.45) is 0 Å². The maximum Gasteiger partial charge on any atom is 0.417 e. The number of halogens is 3. The molecule has 0 fully saturated rings. The van der Waals surface area contributed by atoms with Crippen molar-refractivity contribution in [3.63, 3.8) is 0 Å². The molecular formula is C9H7F3N2S. The highest BCUT2D eigenvalue weighted by Crippen LogP contribution is 2.35. The molecule has 0 aromatic heterocycles. The van der Waals surface area contributed by atoms with Crippen molar-refractivity contribution in [2.75, 3.05) is 6.54 Å². The van der Waals surface area contributed by atoms with Crippen LogP contribution >= 0.6 is 11.9 Å². The lowest BCUT2D eigenvalue weighted by molar-refractivity contribution is -0.139. The quantitative estimate of drug-likeness (QED) is 0.494. The van der Waals surface area contributed by atoms with Gasteiger partial charge >= 0.3 is 6.18 Å². The molecule has 6 heteroatoms. The normalized spacial score (nSPS) is 11.1. The summed E-state index contributed by atoms with van der Waals surface area (Å²) in [6, 6.07) is 7.00. The summed E-state index contributed by atoms with van der Waals surface area (Å²) in [4.78, 5) is 0.0697. The van der Waals surface area contributed by atoms with Crippen LogP contribution in [0.4, 0.5) is 13.2 Å². The molecule has 1 aromatic rings. The van der Waals surface area contributed by atoms with Gasteiger partial charge in [-0.15, -0.1) is 0 Å². The maximum absolute atomic E-state index is 12.5. The van der Waals surface area contributed by atoms with Crippen LogP contribution in [0.5, 0.6) is 0 Å². The summed E-state index contributed by atoms with van der Waals surface area (Å²) >= 11 is 0.806. The third kappa shape index (κ3) is 3.46. The van der Waals surface area contributed by atoms with Crippen LogP contribution < -0.4 is 4.72 Å². The van der Waals surface area contributed by atoms with Crippen LogP contribution in [-0.4, -0.2) is 6.54 Å². The van der Waals surface area contributed by atoms with Crippen LogP contribution in [0.3, 0.4) is 0 Å². The topological polar surface area (TPSA) is 35.8 Å². The number of nitriles is 1. The van der Waals surface area contributed by atoms with E-state index < -0.39 is 11.7 Å². The zero-order chi connectivity index (χ0) is 11.3. The Morgan fingerprint density at radius 3 is 2.60 bits per heavy atom. The second-order valence-corrected chi connectivity index (χ2v) is 3.51. The molecule has 0 unspecified atom stereocenters. The summed E-state index contributed by atoms with van der Waals surface area (Å²) in [6.07, 6.45) is -4.36. The van der Waals surface area contributed by atoms with Crippen LogP contribution in [0.15, 0.2) is 29.2 Å². The summed E-state index contributed by atoms with van der Waals surface area (Å²) < 4.78 is 39.9. The molecule has 0 saturated heterocycles. The number of rotatable bonds is 3. The largest absolute Gasteiger partial charge is 0.417 e. The van der Waals surface area contributed by atoms with Gasteiger partial charge in [0.2, 0.25) is 0 Å². The molecule has 1 rings (SSSR count). The highest BCUT2D eigenvalue weighted by Gasteiger charge is 2.33. The SMILES string of the molecule is N#CCNSc1ccccc1C(F)(F)F. The highest BCUT2D eigenvalue weighted by molar-refractivity contribution is 7.97. The van der Waals surface area contributed by atoms with E-state index in [9.17, 15) is 13.2 Å². The molecule has 0 aliphatic carbocycles. The van der Waals surface area contributed by atoms with Crippen molar-refractivity contribution in [1.82, 2.24) is 4.72 Å². The lowest BCUT2D eigenvalue weighted by Crippen LogP contribution is -2.09. The van der Waals surface area contributed by atoms with E-state index in [-0.39, 0.29) is 11.4 Å². The van der Waals surface area contributed by atoms with Crippen LogP contribution in [-0.2, 0) is 6.18 Å². The first-order chi connectivity index (χ1) is 7.05. The molecule has 15 heavy (non-hydrogen) atoms. The van der Waals surface area contributed by atoms with E-state index in [1.54, 1.807) is 6.07 Å². The van der Waals surface area contributed by atoms with E-state index in [0.717, 1.165) is 18.0 Å². The zero-order valence-electron chi connectivity index (χ0n) is 7.51. The average molecular weight is 232 g/mol. The van der Waals surface area contributed by atoms with Gasteiger partial charge in [-0.25, -0.2) is 4.72 Å². The molecule has 0 bridgehead atoms. The average Bonchev–Trinajstić information content (AvgIpc) is 2.17. The van der Waals surface area contributed by atoms with Crippen LogP contribution in [0.25, 0.3) is 0 Å². The molecule has 0 atom stereocenters. The van der Waals surface area contributed by atoms with Crippen molar-refractivity contribution < 1.29 is 13.2 Å². The number of benzene rings is 1. The van der Waals surface area contributed by atoms with Crippen molar-refractivity contribution >= 4 is 11.9 Å². The highest BCUT2D eigenvalue weighted by atomic mass is 32.2. The van der Waals surface area contributed by atoms with Gasteiger partial charge in [-0.1, -0.05) is 12.1 Å². The Morgan fingerprint density at radius 1 is 1.33 bits per heavy atom. The van der Waals surface area contributed by atoms with Crippen LogP contribution in [0.2, 0.25) is 0 Å². The fourth-order valence-corrected chi connectivity index (χ4v) is 1.67. The van der Waals surface area contributed by atoms with Crippen molar-refractivity contribution in [3.05, 3.63) is 29.8 Å². The Hall–Kier alpha value is -1.19. The fraction of sp³-hybridized carbons (Fsp3) is 0.222. The fourth-order valence-electron chi connectivity index (χ4n) is 0.936. The molecule has 0 saturated carbocycles. The van der Waals surface area contributed by atoms with E-state index >= 15 is 0 Å². The molecule has 0 heterocycles. The zero-order valence-corrected chi connectivity index (χ0v) is 8.32. The Labute approximate surface area is 89.2 Å². The Kier molecular flexibility index (Phi) is 4.00. The predicted molar refractivity (Wildman–Crippen MR) is 50.9 cm³/mol. The van der Waals surface area contributed by atoms with Gasteiger partial charge in [-0.05, 0) is 24.1 Å². The third-order valence-corrected chi connectivity index (χ3v) is 2.39. The van der Waals surface area contributed by atoms with Gasteiger partial charge in [0.1, 0.15) is 0 Å². The smallest absolute Gasteiger partial charge is 0.246 e. The van der Waals surface area contributed by atoms with E-state index in [2.05, 4.69) is 4.72 Å². The molecule has 0 radical (unpaired) electrons. The van der Waals surface area contributed by atoms with Gasteiger partial charge in [0, 0.05) is 4.90 Å². The number of hydrogen-bond donors (Lipinski definition) is 1. The van der Waals surface area contributed by atoms with Gasteiger partial charge in [0.25, 0.3) is 0 Å². The van der Waals surface area contributed by atoms with E-state index in [0.29, 0.717) is 0 Å². The predicted octanol–water partition coefficient (Wildman–Crippen LogP) is 2.83. The number of nitrogens with one attached hydrogen (secondary N) is 1. The minimum atomic E-state index is -4.36. The third-order valence-electron chi connectivity index (χ3n) is 1.53. The molecule has 1 N–H and O–H groups in total. The van der Waals surface area contributed by atoms with Gasteiger partial charge in [-0.2, -0.15) is 18.4 Å². The molecule has 0 amide bonds. The monoisotopic (exact) mass is 232 g/mol. The van der Waals surface area contributed by atoms with Gasteiger partial charge in [0.15, 0.2) is 0 Å². The van der Waals surface area contributed by atoms with Gasteiger partial charge < -0.3 is 0 Å². The summed E-state index contributed by atoms with van der Waals surface area (Å²) in [5.41, 5.74) is -0.694. The van der Waals surface area contributed by atoms with Crippen molar-refractivity contribution in [2.45, 2.75) is 11.1 Å². The first-order valence-electron chi connectivity index (χ1n) is 3.98. The molecule has 0 aliphatic rings. The maximum atomic E-state index is 12.5. The lowest BCUT2D eigenvalue weighted by Gasteiger charge is -2.11. The Bertz CT molecular complexity index is 370. The van der Waals surface area contributed by atoms with E-state index in [1.165, 1.54) is 18.2 Å². The van der Waals surface area contributed by atoms with Crippen LogP contribution in [0.1, 0.15) is 5.56 Å². The Balaban J connectivity index is 2.83. The van der Waals surface area contributed by atoms with Crippen molar-refractivity contribution in [1.29, 1.82) is 5.26 Å². The summed E-state index contributed by atoms with van der Waals surface area (Å²) in [7, 11) is 0. The number of nitrogens with zero attached hydrogens (tertiary/aromatic N) is 1. The standard InChI is InChI=1S/C9H7F3N2S/c10-9(11,12)7-3-1-2-4-8(7)15-14-6-5-13/h1-4,14H,6H2. The van der Waals surface area contributed by atoms with Gasteiger partial charge in [0.05, 0.1) is 18.2 Å². The second kappa shape index (κ2) is 5.05. The molecule has 0 aliphatic heterocycles. The second-order valence-electron chi connectivity index (χ2n) is 2.58. The first-order valence-corrected chi connectivity index (χ1v) is 4.80. The minimum absolute atomic E-state index is 0.00312.